The fraction of sp³-hybridized carbons (Fsp3) is 0.700. The first kappa shape index (κ1) is 14.0. The van der Waals surface area contributed by atoms with Crippen LogP contribution in [0.1, 0.15) is 30.7 Å². The Bertz CT molecular complexity index is 463. The molecule has 2 unspecified atom stereocenters. The van der Waals surface area contributed by atoms with Gasteiger partial charge in [0.25, 0.3) is 0 Å². The normalized spacial score (nSPS) is 24.2. The van der Waals surface area contributed by atoms with Crippen molar-refractivity contribution in [2.75, 3.05) is 5.32 Å². The Balaban J connectivity index is 2.07. The number of carbonyl (C=O) groups is 1. The van der Waals surface area contributed by atoms with Crippen molar-refractivity contribution < 1.29 is 23.1 Å². The third kappa shape index (κ3) is 3.34. The molecule has 0 saturated heterocycles. The Morgan fingerprint density at radius 2 is 2.00 bits per heavy atom. The lowest BCUT2D eigenvalue weighted by Gasteiger charge is -2.28. The summed E-state index contributed by atoms with van der Waals surface area (Å²) in [6, 6.07) is -0.389. The number of anilines is 1. The summed E-state index contributed by atoms with van der Waals surface area (Å²) in [5.41, 5.74) is 0. The molecule has 2 atom stereocenters. The highest BCUT2D eigenvalue weighted by molar-refractivity contribution is 7.15. The van der Waals surface area contributed by atoms with E-state index >= 15 is 0 Å². The SMILES string of the molecule is O=C(O)C1CCCCC1Nc1nnc(C(F)(F)F)s1. The molecule has 1 aliphatic carbocycles. The van der Waals surface area contributed by atoms with Gasteiger partial charge in [-0.2, -0.15) is 13.2 Å². The molecule has 19 heavy (non-hydrogen) atoms. The Morgan fingerprint density at radius 1 is 1.32 bits per heavy atom. The molecule has 0 radical (unpaired) electrons. The molecule has 2 N–H and O–H groups in total. The topological polar surface area (TPSA) is 75.1 Å². The van der Waals surface area contributed by atoms with Crippen LogP contribution >= 0.6 is 11.3 Å². The van der Waals surface area contributed by atoms with Crippen molar-refractivity contribution >= 4 is 22.4 Å². The molecule has 5 nitrogen and oxygen atoms in total. The maximum atomic E-state index is 12.4. The number of nitrogens with zero attached hydrogens (tertiary/aromatic N) is 2. The average Bonchev–Trinajstić information content (AvgIpc) is 2.77. The molecule has 1 heterocycles. The van der Waals surface area contributed by atoms with Crippen LogP contribution in [0, 0.1) is 5.92 Å². The van der Waals surface area contributed by atoms with E-state index in [9.17, 15) is 18.0 Å². The third-order valence-electron chi connectivity index (χ3n) is 3.06. The number of rotatable bonds is 3. The number of carboxylic acid groups (broad SMARTS) is 1. The molecule has 1 aromatic rings. The van der Waals surface area contributed by atoms with Crippen LogP contribution in [0.15, 0.2) is 0 Å². The summed E-state index contributed by atoms with van der Waals surface area (Å²) >= 11 is 0.396. The molecule has 2 rings (SSSR count). The van der Waals surface area contributed by atoms with Crippen LogP contribution in [0.3, 0.4) is 0 Å². The van der Waals surface area contributed by atoms with Crippen LogP contribution in [-0.2, 0) is 11.0 Å². The van der Waals surface area contributed by atoms with Crippen molar-refractivity contribution in [3.8, 4) is 0 Å². The van der Waals surface area contributed by atoms with Crippen LogP contribution in [0.5, 0.6) is 0 Å². The molecule has 1 fully saturated rings. The molecule has 0 bridgehead atoms. The second kappa shape index (κ2) is 5.32. The van der Waals surface area contributed by atoms with E-state index in [1.807, 2.05) is 0 Å². The molecule has 0 amide bonds. The standard InChI is InChI=1S/C10H12F3N3O2S/c11-10(12,13)8-15-16-9(19-8)14-6-4-2-1-3-5(6)7(17)18/h5-6H,1-4H2,(H,14,16)(H,17,18). The molecular formula is C10H12F3N3O2S. The lowest BCUT2D eigenvalue weighted by molar-refractivity contribution is -0.143. The van der Waals surface area contributed by atoms with Crippen LogP contribution in [0.4, 0.5) is 18.3 Å². The molecule has 0 aliphatic heterocycles. The zero-order valence-corrected chi connectivity index (χ0v) is 10.6. The fourth-order valence-corrected chi connectivity index (χ4v) is 2.83. The highest BCUT2D eigenvalue weighted by Crippen LogP contribution is 2.34. The summed E-state index contributed by atoms with van der Waals surface area (Å²) in [7, 11) is 0. The number of hydrogen-bond donors (Lipinski definition) is 2. The Kier molecular flexibility index (Phi) is 3.93. The lowest BCUT2D eigenvalue weighted by Crippen LogP contribution is -2.37. The van der Waals surface area contributed by atoms with E-state index in [4.69, 9.17) is 5.11 Å². The number of carboxylic acids is 1. The number of halogens is 3. The van der Waals surface area contributed by atoms with Crippen molar-refractivity contribution in [2.45, 2.75) is 37.9 Å². The maximum Gasteiger partial charge on any atom is 0.445 e. The number of nitrogens with one attached hydrogen (secondary N) is 1. The second-order valence-electron chi connectivity index (χ2n) is 4.39. The number of aromatic nitrogens is 2. The molecule has 1 aliphatic rings. The van der Waals surface area contributed by atoms with Gasteiger partial charge in [0.1, 0.15) is 0 Å². The quantitative estimate of drug-likeness (QED) is 0.896. The van der Waals surface area contributed by atoms with Gasteiger partial charge >= 0.3 is 12.1 Å². The van der Waals surface area contributed by atoms with Crippen LogP contribution in [0.25, 0.3) is 0 Å². The van der Waals surface area contributed by atoms with E-state index in [1.165, 1.54) is 0 Å². The van der Waals surface area contributed by atoms with Gasteiger partial charge in [-0.3, -0.25) is 4.79 Å². The van der Waals surface area contributed by atoms with Gasteiger partial charge in [0.15, 0.2) is 0 Å². The zero-order valence-electron chi connectivity index (χ0n) is 9.78. The van der Waals surface area contributed by atoms with Crippen LogP contribution < -0.4 is 5.32 Å². The summed E-state index contributed by atoms with van der Waals surface area (Å²) in [5.74, 6) is -1.52. The first-order valence-corrected chi connectivity index (χ1v) is 6.59. The summed E-state index contributed by atoms with van der Waals surface area (Å²) in [6.45, 7) is 0. The Hall–Kier alpha value is -1.38. The second-order valence-corrected chi connectivity index (χ2v) is 5.37. The Morgan fingerprint density at radius 3 is 2.58 bits per heavy atom. The zero-order chi connectivity index (χ0) is 14.0. The van der Waals surface area contributed by atoms with Crippen LogP contribution in [-0.4, -0.2) is 27.3 Å². The minimum atomic E-state index is -4.52. The van der Waals surface area contributed by atoms with E-state index in [-0.39, 0.29) is 11.2 Å². The highest BCUT2D eigenvalue weighted by Gasteiger charge is 2.37. The number of hydrogen-bond acceptors (Lipinski definition) is 5. The van der Waals surface area contributed by atoms with E-state index in [0.29, 0.717) is 24.2 Å². The van der Waals surface area contributed by atoms with Crippen LogP contribution in [0.2, 0.25) is 0 Å². The molecule has 9 heteroatoms. The lowest BCUT2D eigenvalue weighted by atomic mass is 9.85. The monoisotopic (exact) mass is 295 g/mol. The first-order valence-electron chi connectivity index (χ1n) is 5.78. The largest absolute Gasteiger partial charge is 0.481 e. The highest BCUT2D eigenvalue weighted by atomic mass is 32.1. The summed E-state index contributed by atoms with van der Waals surface area (Å²) in [6.07, 6.45) is -1.71. The van der Waals surface area contributed by atoms with Gasteiger partial charge in [0.2, 0.25) is 10.1 Å². The van der Waals surface area contributed by atoms with Gasteiger partial charge in [0, 0.05) is 6.04 Å². The van der Waals surface area contributed by atoms with Crippen molar-refractivity contribution in [3.05, 3.63) is 5.01 Å². The predicted octanol–water partition coefficient (Wildman–Crippen LogP) is 2.61. The minimum Gasteiger partial charge on any atom is -0.481 e. The minimum absolute atomic E-state index is 0.0190. The predicted molar refractivity (Wildman–Crippen MR) is 61.9 cm³/mol. The number of alkyl halides is 3. The van der Waals surface area contributed by atoms with E-state index in [0.717, 1.165) is 12.8 Å². The third-order valence-corrected chi connectivity index (χ3v) is 3.96. The maximum absolute atomic E-state index is 12.4. The summed E-state index contributed by atoms with van der Waals surface area (Å²) < 4.78 is 37.1. The molecular weight excluding hydrogens is 283 g/mol. The van der Waals surface area contributed by atoms with Crippen molar-refractivity contribution in [3.63, 3.8) is 0 Å². The van der Waals surface area contributed by atoms with Gasteiger partial charge in [-0.25, -0.2) is 0 Å². The molecule has 0 aromatic carbocycles. The molecule has 106 valence electrons. The van der Waals surface area contributed by atoms with Gasteiger partial charge in [0.05, 0.1) is 5.92 Å². The van der Waals surface area contributed by atoms with Gasteiger partial charge in [-0.1, -0.05) is 24.2 Å². The van der Waals surface area contributed by atoms with E-state index in [2.05, 4.69) is 15.5 Å². The number of aliphatic carboxylic acids is 1. The smallest absolute Gasteiger partial charge is 0.445 e. The van der Waals surface area contributed by atoms with E-state index in [1.54, 1.807) is 0 Å². The van der Waals surface area contributed by atoms with Crippen molar-refractivity contribution in [2.24, 2.45) is 5.92 Å². The first-order chi connectivity index (χ1) is 8.88. The molecule has 0 spiro atoms. The van der Waals surface area contributed by atoms with Crippen molar-refractivity contribution in [1.82, 2.24) is 10.2 Å². The fourth-order valence-electron chi connectivity index (χ4n) is 2.15. The summed E-state index contributed by atoms with van der Waals surface area (Å²) in [4.78, 5) is 11.1. The van der Waals surface area contributed by atoms with Gasteiger partial charge in [-0.15, -0.1) is 10.2 Å². The molecule has 1 saturated carbocycles. The summed E-state index contributed by atoms with van der Waals surface area (Å²) in [5, 5.41) is 17.3. The molecule has 1 aromatic heterocycles. The van der Waals surface area contributed by atoms with E-state index < -0.39 is 23.1 Å². The van der Waals surface area contributed by atoms with Gasteiger partial charge < -0.3 is 10.4 Å². The Labute approximate surface area is 110 Å². The van der Waals surface area contributed by atoms with Crippen molar-refractivity contribution in [1.29, 1.82) is 0 Å². The van der Waals surface area contributed by atoms with Gasteiger partial charge in [-0.05, 0) is 12.8 Å². The average molecular weight is 295 g/mol.